The average molecular weight is 943 g/mol. The van der Waals surface area contributed by atoms with Gasteiger partial charge in [0.05, 0.1) is 49.1 Å². The van der Waals surface area contributed by atoms with Gasteiger partial charge >= 0.3 is 12.3 Å². The summed E-state index contributed by atoms with van der Waals surface area (Å²) in [5, 5.41) is 0.110. The van der Waals surface area contributed by atoms with Gasteiger partial charge in [0.1, 0.15) is 51.4 Å². The summed E-state index contributed by atoms with van der Waals surface area (Å²) in [5.74, 6) is -0.690. The van der Waals surface area contributed by atoms with Crippen LogP contribution < -0.4 is 28.9 Å². The predicted molar refractivity (Wildman–Crippen MR) is 247 cm³/mol. The van der Waals surface area contributed by atoms with E-state index in [9.17, 15) is 4.79 Å². The van der Waals surface area contributed by atoms with Gasteiger partial charge in [-0.25, -0.2) is 23.5 Å². The third kappa shape index (κ3) is 7.71. The van der Waals surface area contributed by atoms with Gasteiger partial charge in [-0.15, -0.1) is 0 Å². The minimum absolute atomic E-state index is 0.0584. The van der Waals surface area contributed by atoms with Crippen molar-refractivity contribution in [3.63, 3.8) is 0 Å². The molecule has 5 aromatic rings. The van der Waals surface area contributed by atoms with Crippen molar-refractivity contribution in [2.75, 3.05) is 62.1 Å². The number of halogens is 5. The fourth-order valence-corrected chi connectivity index (χ4v) is 10.9. The summed E-state index contributed by atoms with van der Waals surface area (Å²) in [5.41, 5.74) is -3.35. The number of hydrogen-bond donors (Lipinski definition) is 0. The second kappa shape index (κ2) is 16.5. The number of carbonyl (C=O) groups is 1. The molecule has 0 unspecified atom stereocenters. The lowest BCUT2D eigenvalue weighted by Crippen LogP contribution is -2.76. The van der Waals surface area contributed by atoms with Gasteiger partial charge in [-0.05, 0) is 108 Å². The van der Waals surface area contributed by atoms with Gasteiger partial charge in [0.15, 0.2) is 5.82 Å². The lowest BCUT2D eigenvalue weighted by atomic mass is 9.78. The first-order valence-electron chi connectivity index (χ1n) is 23.0. The highest BCUT2D eigenvalue weighted by Gasteiger charge is 2.55. The van der Waals surface area contributed by atoms with Crippen molar-refractivity contribution in [2.45, 2.75) is 109 Å². The molecule has 13 nitrogen and oxygen atoms in total. The third-order valence-electron chi connectivity index (χ3n) is 14.5. The second-order valence-electron chi connectivity index (χ2n) is 19.9. The van der Waals surface area contributed by atoms with E-state index >= 15 is 22.0 Å². The lowest BCUT2D eigenvalue weighted by Gasteiger charge is -2.61. The molecule has 4 fully saturated rings. The quantitative estimate of drug-likeness (QED) is 0.132. The van der Waals surface area contributed by atoms with Crippen LogP contribution >= 0.6 is 0 Å². The Balaban J connectivity index is 1.15. The Morgan fingerprint density at radius 1 is 0.912 bits per heavy atom. The van der Waals surface area contributed by atoms with Gasteiger partial charge in [0.2, 0.25) is 11.8 Å². The van der Waals surface area contributed by atoms with E-state index in [2.05, 4.69) is 16.9 Å². The van der Waals surface area contributed by atoms with Crippen LogP contribution in [0.1, 0.15) is 69.2 Å². The van der Waals surface area contributed by atoms with Gasteiger partial charge in [0.25, 0.3) is 0 Å². The standard InChI is InChI=1S/C50H55F5N8O5/c1-27-38(50(53,54)55)34(21-36(39(27)51)60(22-29-9-14-32(65-7)15-10-29)23-30-11-16-33(66-8)17-12-30)41-40(52)42-37-44(58-46(57-42)61-25-49(26-61)19-20-59(49)6)62-24-31-13-18-35(43(62)28(2)67-45(37)56-41)63(31)47(64)68-48(3,4)5/h9-12,14-17,21,28,31,35,43H,13,18-20,22-26H2,1-8H3/t28-,31+,35-,43+/m0/s1. The Morgan fingerprint density at radius 2 is 1.54 bits per heavy atom. The van der Waals surface area contributed by atoms with Crippen molar-refractivity contribution >= 4 is 34.4 Å². The number of nitrogens with zero attached hydrogens (tertiary/aromatic N) is 8. The fraction of sp³-hybridized carbons (Fsp3) is 0.480. The highest BCUT2D eigenvalue weighted by atomic mass is 19.4. The highest BCUT2D eigenvalue weighted by molar-refractivity contribution is 5.98. The van der Waals surface area contributed by atoms with Gasteiger partial charge in [-0.1, -0.05) is 24.3 Å². The number of anilines is 3. The largest absolute Gasteiger partial charge is 0.497 e. The molecule has 3 aromatic carbocycles. The molecule has 0 saturated carbocycles. The number of benzene rings is 3. The zero-order valence-electron chi connectivity index (χ0n) is 39.4. The van der Waals surface area contributed by atoms with Crippen LogP contribution in [0.15, 0.2) is 54.6 Å². The summed E-state index contributed by atoms with van der Waals surface area (Å²) >= 11 is 0. The third-order valence-corrected chi connectivity index (χ3v) is 14.5. The first-order chi connectivity index (χ1) is 32.3. The smallest absolute Gasteiger partial charge is 0.417 e. The minimum Gasteiger partial charge on any atom is -0.497 e. The Hall–Kier alpha value is -6.17. The molecular weight excluding hydrogens is 888 g/mol. The first kappa shape index (κ1) is 45.6. The molecule has 10 rings (SSSR count). The van der Waals surface area contributed by atoms with E-state index in [1.165, 1.54) is 14.2 Å². The van der Waals surface area contributed by atoms with Crippen LogP contribution in [-0.2, 0) is 24.0 Å². The molecule has 5 aliphatic rings. The molecule has 18 heteroatoms. The molecule has 0 aliphatic carbocycles. The van der Waals surface area contributed by atoms with Crippen LogP contribution in [0, 0.1) is 18.6 Å². The summed E-state index contributed by atoms with van der Waals surface area (Å²) in [6.07, 6.45) is -4.05. The van der Waals surface area contributed by atoms with Crippen LogP contribution in [0.2, 0.25) is 0 Å². The number of hydrogen-bond acceptors (Lipinski definition) is 12. The summed E-state index contributed by atoms with van der Waals surface area (Å²) < 4.78 is 105. The van der Waals surface area contributed by atoms with Crippen LogP contribution in [0.4, 0.5) is 44.2 Å². The maximum atomic E-state index is 18.0. The van der Waals surface area contributed by atoms with Gasteiger partial charge in [0, 0.05) is 44.8 Å². The zero-order chi connectivity index (χ0) is 48.2. The van der Waals surface area contributed by atoms with Gasteiger partial charge in [-0.3, -0.25) is 9.80 Å². The van der Waals surface area contributed by atoms with Crippen molar-refractivity contribution in [1.82, 2.24) is 24.8 Å². The average Bonchev–Trinajstić information content (AvgIpc) is 3.52. The molecule has 7 heterocycles. The molecule has 0 radical (unpaired) electrons. The lowest BCUT2D eigenvalue weighted by molar-refractivity contribution is -0.137. The monoisotopic (exact) mass is 942 g/mol. The number of fused-ring (bicyclic) bond motifs is 5. The zero-order valence-corrected chi connectivity index (χ0v) is 39.4. The van der Waals surface area contributed by atoms with Crippen LogP contribution in [0.5, 0.6) is 17.4 Å². The van der Waals surface area contributed by atoms with E-state index in [0.29, 0.717) is 60.9 Å². The highest BCUT2D eigenvalue weighted by Crippen LogP contribution is 2.50. The molecule has 1 spiro atoms. The fourth-order valence-electron chi connectivity index (χ4n) is 10.9. The predicted octanol–water partition coefficient (Wildman–Crippen LogP) is 9.15. The number of rotatable bonds is 9. The summed E-state index contributed by atoms with van der Waals surface area (Å²) in [6, 6.07) is 14.0. The SMILES string of the molecule is COc1ccc(CN(Cc2ccc(OC)cc2)c2cc(-c3nc4c5c(nc(N6CC7(CCN7C)C6)nc5c3F)N3C[C@H]5CC[C@@H]([C@H]3[C@H](C)O4)N5C(=O)OC(C)(C)C)c(C(F)(F)F)c(C)c2F)cc1. The Labute approximate surface area is 391 Å². The molecule has 0 N–H and O–H groups in total. The molecular formula is C50H55F5N8O5. The van der Waals surface area contributed by atoms with E-state index < -0.39 is 70.1 Å². The van der Waals surface area contributed by atoms with E-state index in [-0.39, 0.29) is 53.1 Å². The number of carbonyl (C=O) groups excluding carboxylic acids is 1. The number of likely N-dealkylation sites (N-methyl/N-ethyl adjacent to an activating group) is 1. The Bertz CT molecular complexity index is 2730. The molecule has 2 aromatic heterocycles. The first-order valence-corrected chi connectivity index (χ1v) is 23.0. The van der Waals surface area contributed by atoms with Crippen molar-refractivity contribution in [3.8, 4) is 28.6 Å². The number of ether oxygens (including phenoxy) is 4. The molecule has 360 valence electrons. The summed E-state index contributed by atoms with van der Waals surface area (Å²) in [7, 11) is 5.12. The number of methoxy groups -OCH3 is 2. The second-order valence-corrected chi connectivity index (χ2v) is 19.9. The molecule has 1 amide bonds. The molecule has 4 atom stereocenters. The topological polar surface area (TPSA) is 109 Å². The van der Waals surface area contributed by atoms with Crippen LogP contribution in [0.25, 0.3) is 22.2 Å². The number of amides is 1. The molecule has 2 bridgehead atoms. The molecule has 5 aliphatic heterocycles. The normalized spacial score (nSPS) is 21.8. The number of piperazine rings is 1. The maximum Gasteiger partial charge on any atom is 0.417 e. The summed E-state index contributed by atoms with van der Waals surface area (Å²) in [4.78, 5) is 38.0. The van der Waals surface area contributed by atoms with E-state index in [1.54, 1.807) is 58.3 Å². The van der Waals surface area contributed by atoms with Crippen molar-refractivity contribution in [2.24, 2.45) is 0 Å². The summed E-state index contributed by atoms with van der Waals surface area (Å²) in [6.45, 7) is 10.8. The Kier molecular flexibility index (Phi) is 11.1. The number of likely N-dealkylation sites (tertiary alicyclic amines) is 1. The van der Waals surface area contributed by atoms with Gasteiger partial charge < -0.3 is 33.6 Å². The molecule has 4 saturated heterocycles. The number of pyridine rings is 1. The van der Waals surface area contributed by atoms with Gasteiger partial charge in [-0.2, -0.15) is 18.2 Å². The van der Waals surface area contributed by atoms with Crippen LogP contribution in [-0.4, -0.2) is 114 Å². The minimum atomic E-state index is -5.14. The van der Waals surface area contributed by atoms with E-state index in [1.807, 2.05) is 37.5 Å². The Morgan fingerprint density at radius 3 is 2.09 bits per heavy atom. The van der Waals surface area contributed by atoms with Crippen molar-refractivity contribution in [3.05, 3.63) is 88.5 Å². The maximum absolute atomic E-state index is 18.0. The van der Waals surface area contributed by atoms with Crippen molar-refractivity contribution in [1.29, 1.82) is 0 Å². The van der Waals surface area contributed by atoms with Crippen molar-refractivity contribution < 1.29 is 45.7 Å². The molecule has 68 heavy (non-hydrogen) atoms. The number of aromatic nitrogens is 3. The van der Waals surface area contributed by atoms with E-state index in [0.717, 1.165) is 26.0 Å². The van der Waals surface area contributed by atoms with E-state index in [4.69, 9.17) is 28.9 Å². The number of alkyl halides is 3. The van der Waals surface area contributed by atoms with Crippen LogP contribution in [0.3, 0.4) is 0 Å².